The molecule has 1 atom stereocenters. The minimum Gasteiger partial charge on any atom is -0.0711 e. The van der Waals surface area contributed by atoms with Crippen molar-refractivity contribution in [3.8, 4) is 0 Å². The topological polar surface area (TPSA) is 0 Å². The van der Waals surface area contributed by atoms with E-state index in [0.717, 1.165) is 0 Å². The number of hydrogen-bond acceptors (Lipinski definition) is 0. The molecule has 0 aliphatic heterocycles. The average Bonchev–Trinajstić information content (AvgIpc) is 2.50. The van der Waals surface area contributed by atoms with E-state index in [-0.39, 0.29) is 0 Å². The van der Waals surface area contributed by atoms with Gasteiger partial charge in [-0.05, 0) is 36.8 Å². The summed E-state index contributed by atoms with van der Waals surface area (Å²) in [5.74, 6) is 0. The van der Waals surface area contributed by atoms with Crippen molar-refractivity contribution in [3.05, 3.63) is 22.8 Å². The van der Waals surface area contributed by atoms with Crippen LogP contribution in [0.15, 0.2) is 22.8 Å². The van der Waals surface area contributed by atoms with Crippen molar-refractivity contribution in [2.75, 3.05) is 0 Å². The monoisotopic (exact) mass is 192 g/mol. The molecule has 0 radical (unpaired) electrons. The Morgan fingerprint density at radius 2 is 1.64 bits per heavy atom. The van der Waals surface area contributed by atoms with Crippen LogP contribution in [0.5, 0.6) is 0 Å². The molecule has 0 saturated carbocycles. The summed E-state index contributed by atoms with van der Waals surface area (Å²) < 4.78 is 0. The van der Waals surface area contributed by atoms with Gasteiger partial charge in [0.2, 0.25) is 0 Å². The van der Waals surface area contributed by atoms with Crippen LogP contribution in [-0.2, 0) is 0 Å². The van der Waals surface area contributed by atoms with E-state index >= 15 is 0 Å². The lowest BCUT2D eigenvalue weighted by molar-refractivity contribution is 0.485. The molecule has 1 rings (SSSR count). The second-order valence-electron chi connectivity index (χ2n) is 4.46. The summed E-state index contributed by atoms with van der Waals surface area (Å²) in [5.41, 5.74) is 5.32. The summed E-state index contributed by atoms with van der Waals surface area (Å²) in [6.07, 6.45) is 7.38. The van der Waals surface area contributed by atoms with Gasteiger partial charge >= 0.3 is 0 Å². The SMILES string of the molecule is CCC1=CC(C)(CC)C(CC)=C1CC. The Bertz CT molecular complexity index is 268. The summed E-state index contributed by atoms with van der Waals surface area (Å²) in [6.45, 7) is 11.6. The molecule has 0 heterocycles. The van der Waals surface area contributed by atoms with Crippen LogP contribution < -0.4 is 0 Å². The van der Waals surface area contributed by atoms with Gasteiger partial charge in [-0.15, -0.1) is 0 Å². The standard InChI is InChI=1S/C14H24/c1-6-11-10-14(5,9-4)13(8-3)12(11)7-2/h10H,6-9H2,1-5H3. The highest BCUT2D eigenvalue weighted by Gasteiger charge is 2.31. The second kappa shape index (κ2) is 4.33. The fourth-order valence-corrected chi connectivity index (χ4v) is 2.79. The molecule has 0 amide bonds. The van der Waals surface area contributed by atoms with Crippen LogP contribution in [0.2, 0.25) is 0 Å². The van der Waals surface area contributed by atoms with Crippen LogP contribution in [-0.4, -0.2) is 0 Å². The number of rotatable bonds is 4. The zero-order valence-corrected chi connectivity index (χ0v) is 10.4. The van der Waals surface area contributed by atoms with Crippen LogP contribution in [0, 0.1) is 5.41 Å². The van der Waals surface area contributed by atoms with Gasteiger partial charge in [-0.25, -0.2) is 0 Å². The first-order chi connectivity index (χ1) is 6.62. The summed E-state index contributed by atoms with van der Waals surface area (Å²) >= 11 is 0. The van der Waals surface area contributed by atoms with Crippen LogP contribution in [0.25, 0.3) is 0 Å². The van der Waals surface area contributed by atoms with Crippen molar-refractivity contribution in [1.29, 1.82) is 0 Å². The molecular formula is C14H24. The Morgan fingerprint density at radius 3 is 2.00 bits per heavy atom. The highest BCUT2D eigenvalue weighted by atomic mass is 14.4. The molecule has 0 fully saturated rings. The second-order valence-corrected chi connectivity index (χ2v) is 4.46. The lowest BCUT2D eigenvalue weighted by Crippen LogP contribution is -2.12. The van der Waals surface area contributed by atoms with Gasteiger partial charge < -0.3 is 0 Å². The molecule has 0 nitrogen and oxygen atoms in total. The van der Waals surface area contributed by atoms with Crippen molar-refractivity contribution >= 4 is 0 Å². The minimum atomic E-state index is 0.367. The first-order valence-corrected chi connectivity index (χ1v) is 6.07. The first kappa shape index (κ1) is 11.6. The van der Waals surface area contributed by atoms with E-state index in [2.05, 4.69) is 40.7 Å². The largest absolute Gasteiger partial charge is 0.0711 e. The van der Waals surface area contributed by atoms with E-state index in [4.69, 9.17) is 0 Å². The van der Waals surface area contributed by atoms with E-state index in [1.807, 2.05) is 0 Å². The molecule has 1 aliphatic carbocycles. The Morgan fingerprint density at radius 1 is 1.00 bits per heavy atom. The third-order valence-corrected chi connectivity index (χ3v) is 3.76. The van der Waals surface area contributed by atoms with Crippen molar-refractivity contribution in [2.45, 2.75) is 60.3 Å². The van der Waals surface area contributed by atoms with Crippen molar-refractivity contribution < 1.29 is 0 Å². The molecule has 0 aromatic carbocycles. The molecular weight excluding hydrogens is 168 g/mol. The van der Waals surface area contributed by atoms with Gasteiger partial charge in [-0.2, -0.15) is 0 Å². The quantitative estimate of drug-likeness (QED) is 0.596. The lowest BCUT2D eigenvalue weighted by Gasteiger charge is -2.24. The first-order valence-electron chi connectivity index (χ1n) is 6.07. The van der Waals surface area contributed by atoms with E-state index in [1.54, 1.807) is 16.7 Å². The molecule has 1 unspecified atom stereocenters. The normalized spacial score (nSPS) is 27.1. The van der Waals surface area contributed by atoms with Gasteiger partial charge in [0, 0.05) is 5.41 Å². The molecule has 0 saturated heterocycles. The number of hydrogen-bond donors (Lipinski definition) is 0. The molecule has 0 spiro atoms. The third-order valence-electron chi connectivity index (χ3n) is 3.76. The van der Waals surface area contributed by atoms with Gasteiger partial charge in [0.05, 0.1) is 0 Å². The van der Waals surface area contributed by atoms with E-state index < -0.39 is 0 Å². The summed E-state index contributed by atoms with van der Waals surface area (Å²) in [4.78, 5) is 0. The number of allylic oxidation sites excluding steroid dienone is 4. The maximum Gasteiger partial charge on any atom is 0.00715 e. The molecule has 0 aromatic rings. The Labute approximate surface area is 89.1 Å². The van der Waals surface area contributed by atoms with Crippen molar-refractivity contribution in [3.63, 3.8) is 0 Å². The Kier molecular flexibility index (Phi) is 3.58. The molecule has 80 valence electrons. The predicted octanol–water partition coefficient (Wildman–Crippen LogP) is 4.87. The average molecular weight is 192 g/mol. The summed E-state index contributed by atoms with van der Waals surface area (Å²) in [5, 5.41) is 0. The predicted molar refractivity (Wildman–Crippen MR) is 64.4 cm³/mol. The van der Waals surface area contributed by atoms with Crippen LogP contribution in [0.4, 0.5) is 0 Å². The minimum absolute atomic E-state index is 0.367. The highest BCUT2D eigenvalue weighted by molar-refractivity contribution is 5.47. The maximum atomic E-state index is 2.52. The fourth-order valence-electron chi connectivity index (χ4n) is 2.79. The van der Waals surface area contributed by atoms with Gasteiger partial charge in [0.25, 0.3) is 0 Å². The van der Waals surface area contributed by atoms with Crippen LogP contribution in [0.3, 0.4) is 0 Å². The van der Waals surface area contributed by atoms with Gasteiger partial charge in [-0.3, -0.25) is 0 Å². The highest BCUT2D eigenvalue weighted by Crippen LogP contribution is 2.46. The van der Waals surface area contributed by atoms with Crippen LogP contribution >= 0.6 is 0 Å². The molecule has 0 heteroatoms. The zero-order chi connectivity index (χ0) is 10.8. The molecule has 0 aromatic heterocycles. The van der Waals surface area contributed by atoms with E-state index in [9.17, 15) is 0 Å². The molecule has 0 bridgehead atoms. The Balaban J connectivity index is 3.15. The van der Waals surface area contributed by atoms with Crippen molar-refractivity contribution in [1.82, 2.24) is 0 Å². The smallest absolute Gasteiger partial charge is 0.00715 e. The fraction of sp³-hybridized carbons (Fsp3) is 0.714. The van der Waals surface area contributed by atoms with Gasteiger partial charge in [0.15, 0.2) is 0 Å². The summed E-state index contributed by atoms with van der Waals surface area (Å²) in [6, 6.07) is 0. The van der Waals surface area contributed by atoms with Crippen LogP contribution in [0.1, 0.15) is 60.3 Å². The van der Waals surface area contributed by atoms with Crippen molar-refractivity contribution in [2.24, 2.45) is 5.41 Å². The summed E-state index contributed by atoms with van der Waals surface area (Å²) in [7, 11) is 0. The maximum absolute atomic E-state index is 2.52. The Hall–Kier alpha value is -0.520. The molecule has 14 heavy (non-hydrogen) atoms. The molecule has 1 aliphatic rings. The van der Waals surface area contributed by atoms with Gasteiger partial charge in [0.1, 0.15) is 0 Å². The van der Waals surface area contributed by atoms with E-state index in [0.29, 0.717) is 5.41 Å². The third kappa shape index (κ3) is 1.67. The molecule has 0 N–H and O–H groups in total. The lowest BCUT2D eigenvalue weighted by atomic mass is 9.80. The zero-order valence-electron chi connectivity index (χ0n) is 10.4. The van der Waals surface area contributed by atoms with Gasteiger partial charge in [-0.1, -0.05) is 46.3 Å². The van der Waals surface area contributed by atoms with E-state index in [1.165, 1.54) is 25.7 Å².